The first kappa shape index (κ1) is 9.77. The van der Waals surface area contributed by atoms with Gasteiger partial charge < -0.3 is 0 Å². The molecule has 0 unspecified atom stereocenters. The maximum Gasteiger partial charge on any atom is 0.0362 e. The van der Waals surface area contributed by atoms with Crippen molar-refractivity contribution in [2.24, 2.45) is 0 Å². The van der Waals surface area contributed by atoms with Crippen LogP contribution in [-0.4, -0.2) is 0 Å². The molecular weight excluding hydrogens is 144 g/mol. The molecule has 0 aliphatic heterocycles. The summed E-state index contributed by atoms with van der Waals surface area (Å²) in [4.78, 5) is 0. The second-order valence-corrected chi connectivity index (χ2v) is 2.62. The van der Waals surface area contributed by atoms with E-state index in [-0.39, 0.29) is 0 Å². The van der Waals surface area contributed by atoms with Crippen molar-refractivity contribution in [2.75, 3.05) is 0 Å². The van der Waals surface area contributed by atoms with Crippen LogP contribution >= 0.6 is 11.6 Å². The molecule has 0 fully saturated rings. The largest absolute Gasteiger partial charge is 0.0847 e. The molecule has 0 amide bonds. The van der Waals surface area contributed by atoms with Gasteiger partial charge in [-0.1, -0.05) is 44.0 Å². The lowest BCUT2D eigenvalue weighted by atomic mass is 10.3. The van der Waals surface area contributed by atoms with Crippen LogP contribution in [0.2, 0.25) is 0 Å². The molecule has 0 saturated carbocycles. The van der Waals surface area contributed by atoms with Gasteiger partial charge in [-0.25, -0.2) is 0 Å². The highest BCUT2D eigenvalue weighted by molar-refractivity contribution is 6.31. The lowest BCUT2D eigenvalue weighted by Crippen LogP contribution is -1.65. The minimum Gasteiger partial charge on any atom is -0.0847 e. The summed E-state index contributed by atoms with van der Waals surface area (Å²) >= 11 is 5.81. The molecule has 0 saturated heterocycles. The number of allylic oxidation sites excluding steroid dienone is 4. The van der Waals surface area contributed by atoms with E-state index in [9.17, 15) is 0 Å². The molecule has 58 valence electrons. The average Bonchev–Trinajstić information content (AvgIpc) is 1.97. The quantitative estimate of drug-likeness (QED) is 0.545. The maximum atomic E-state index is 5.81. The highest BCUT2D eigenvalue weighted by Gasteiger charge is 1.81. The number of rotatable bonds is 4. The van der Waals surface area contributed by atoms with Crippen molar-refractivity contribution in [3.05, 3.63) is 23.3 Å². The third-order valence-electron chi connectivity index (χ3n) is 1.14. The van der Waals surface area contributed by atoms with Crippen LogP contribution in [-0.2, 0) is 0 Å². The summed E-state index contributed by atoms with van der Waals surface area (Å²) in [5.74, 6) is 0. The molecule has 0 aromatic carbocycles. The van der Waals surface area contributed by atoms with Gasteiger partial charge in [-0.15, -0.1) is 0 Å². The Bertz CT molecular complexity index is 123. The number of unbranched alkanes of at least 4 members (excludes halogenated alkanes) is 1. The Hall–Kier alpha value is -0.230. The molecule has 0 N–H and O–H groups in total. The predicted octanol–water partition coefficient (Wildman–Crippen LogP) is 3.88. The highest BCUT2D eigenvalue weighted by Crippen LogP contribution is 2.05. The molecule has 0 radical (unpaired) electrons. The van der Waals surface area contributed by atoms with E-state index in [1.807, 2.05) is 12.2 Å². The Labute approximate surface area is 68.6 Å². The number of halogens is 1. The second-order valence-electron chi connectivity index (χ2n) is 2.19. The highest BCUT2D eigenvalue weighted by atomic mass is 35.5. The third kappa shape index (κ3) is 5.90. The van der Waals surface area contributed by atoms with Gasteiger partial charge in [0.15, 0.2) is 0 Å². The van der Waals surface area contributed by atoms with Crippen molar-refractivity contribution in [3.8, 4) is 0 Å². The Kier molecular flexibility index (Phi) is 6.73. The molecule has 0 spiro atoms. The molecule has 1 heteroatoms. The lowest BCUT2D eigenvalue weighted by Gasteiger charge is -1.87. The van der Waals surface area contributed by atoms with Crippen molar-refractivity contribution in [1.29, 1.82) is 0 Å². The van der Waals surface area contributed by atoms with Crippen LogP contribution in [0.15, 0.2) is 23.3 Å². The Morgan fingerprint density at radius 1 is 1.40 bits per heavy atom. The number of hydrogen-bond donors (Lipinski definition) is 0. The summed E-state index contributed by atoms with van der Waals surface area (Å²) in [6, 6.07) is 0. The molecule has 0 aromatic rings. The third-order valence-corrected chi connectivity index (χ3v) is 1.42. The van der Waals surface area contributed by atoms with Gasteiger partial charge in [0.05, 0.1) is 0 Å². The summed E-state index contributed by atoms with van der Waals surface area (Å²) in [7, 11) is 0. The van der Waals surface area contributed by atoms with E-state index in [1.54, 1.807) is 0 Å². The van der Waals surface area contributed by atoms with Gasteiger partial charge in [0, 0.05) is 5.03 Å². The normalized spacial score (nSPS) is 12.9. The molecule has 0 aliphatic rings. The molecule has 0 rings (SSSR count). The Morgan fingerprint density at radius 2 is 2.10 bits per heavy atom. The molecule has 0 heterocycles. The molecule has 0 nitrogen and oxygen atoms in total. The van der Waals surface area contributed by atoms with Gasteiger partial charge in [0.1, 0.15) is 0 Å². The topological polar surface area (TPSA) is 0 Å². The van der Waals surface area contributed by atoms with E-state index in [0.29, 0.717) is 0 Å². The number of hydrogen-bond acceptors (Lipinski definition) is 0. The fraction of sp³-hybridized carbons (Fsp3) is 0.556. The second kappa shape index (κ2) is 6.88. The minimum atomic E-state index is 0.865. The zero-order valence-electron chi connectivity index (χ0n) is 6.73. The van der Waals surface area contributed by atoms with E-state index < -0.39 is 0 Å². The van der Waals surface area contributed by atoms with E-state index in [0.717, 1.165) is 24.3 Å². The molecular formula is C9H15Cl. The van der Waals surface area contributed by atoms with E-state index in [4.69, 9.17) is 11.6 Å². The molecule has 0 aromatic heterocycles. The fourth-order valence-electron chi connectivity index (χ4n) is 0.581. The zero-order valence-corrected chi connectivity index (χ0v) is 7.49. The van der Waals surface area contributed by atoms with Crippen molar-refractivity contribution < 1.29 is 0 Å². The Morgan fingerprint density at radius 3 is 2.60 bits per heavy atom. The van der Waals surface area contributed by atoms with Crippen LogP contribution in [0.1, 0.15) is 33.1 Å². The van der Waals surface area contributed by atoms with Crippen LogP contribution in [0.5, 0.6) is 0 Å². The summed E-state index contributed by atoms with van der Waals surface area (Å²) in [6.07, 6.45) is 9.36. The fourth-order valence-corrected chi connectivity index (χ4v) is 0.779. The predicted molar refractivity (Wildman–Crippen MR) is 48.3 cm³/mol. The van der Waals surface area contributed by atoms with E-state index in [2.05, 4.69) is 19.9 Å². The maximum absolute atomic E-state index is 5.81. The standard InChI is InChI=1S/C9H15Cl/c1-3-5-7-9(10)8-6-4-2/h5,7-8H,3-4,6H2,1-2H3/b7-5+,9-8+. The first-order valence-electron chi connectivity index (χ1n) is 3.83. The molecule has 10 heavy (non-hydrogen) atoms. The van der Waals surface area contributed by atoms with Crippen molar-refractivity contribution in [3.63, 3.8) is 0 Å². The van der Waals surface area contributed by atoms with E-state index >= 15 is 0 Å². The monoisotopic (exact) mass is 158 g/mol. The van der Waals surface area contributed by atoms with Crippen molar-refractivity contribution in [1.82, 2.24) is 0 Å². The van der Waals surface area contributed by atoms with Gasteiger partial charge >= 0.3 is 0 Å². The van der Waals surface area contributed by atoms with Crippen LogP contribution in [0, 0.1) is 0 Å². The summed E-state index contributed by atoms with van der Waals surface area (Å²) < 4.78 is 0. The average molecular weight is 159 g/mol. The van der Waals surface area contributed by atoms with Crippen LogP contribution in [0.25, 0.3) is 0 Å². The Balaban J connectivity index is 3.59. The summed E-state index contributed by atoms with van der Waals surface area (Å²) in [5.41, 5.74) is 0. The van der Waals surface area contributed by atoms with Crippen molar-refractivity contribution >= 4 is 11.6 Å². The van der Waals surface area contributed by atoms with Gasteiger partial charge in [-0.05, 0) is 18.9 Å². The minimum absolute atomic E-state index is 0.865. The first-order chi connectivity index (χ1) is 4.81. The van der Waals surface area contributed by atoms with Gasteiger partial charge in [0.25, 0.3) is 0 Å². The van der Waals surface area contributed by atoms with Crippen LogP contribution in [0.4, 0.5) is 0 Å². The zero-order chi connectivity index (χ0) is 7.82. The summed E-state index contributed by atoms with van der Waals surface area (Å²) in [5, 5.41) is 0.865. The van der Waals surface area contributed by atoms with Crippen molar-refractivity contribution in [2.45, 2.75) is 33.1 Å². The smallest absolute Gasteiger partial charge is 0.0362 e. The SMILES string of the molecule is CC/C=C/C(Cl)=C\CCC. The lowest BCUT2D eigenvalue weighted by molar-refractivity contribution is 0.957. The molecule has 0 atom stereocenters. The van der Waals surface area contributed by atoms with Gasteiger partial charge in [-0.2, -0.15) is 0 Å². The van der Waals surface area contributed by atoms with Gasteiger partial charge in [0.2, 0.25) is 0 Å². The first-order valence-corrected chi connectivity index (χ1v) is 4.21. The van der Waals surface area contributed by atoms with E-state index in [1.165, 1.54) is 0 Å². The van der Waals surface area contributed by atoms with Crippen LogP contribution in [0.3, 0.4) is 0 Å². The summed E-state index contributed by atoms with van der Waals surface area (Å²) in [6.45, 7) is 4.24. The molecule has 0 bridgehead atoms. The molecule has 0 aliphatic carbocycles. The van der Waals surface area contributed by atoms with Crippen LogP contribution < -0.4 is 0 Å². The van der Waals surface area contributed by atoms with Gasteiger partial charge in [-0.3, -0.25) is 0 Å².